The third kappa shape index (κ3) is 5.04. The van der Waals surface area contributed by atoms with Crippen molar-refractivity contribution in [3.05, 3.63) is 52.0 Å². The summed E-state index contributed by atoms with van der Waals surface area (Å²) in [5.74, 6) is -0.108. The molecule has 0 aromatic heterocycles. The summed E-state index contributed by atoms with van der Waals surface area (Å²) >= 11 is 12.0. The highest BCUT2D eigenvalue weighted by atomic mass is 35.5. The largest absolute Gasteiger partial charge is 0.492 e. The summed E-state index contributed by atoms with van der Waals surface area (Å²) in [5, 5.41) is 3.33. The van der Waals surface area contributed by atoms with Crippen LogP contribution < -0.4 is 10.1 Å². The van der Waals surface area contributed by atoms with E-state index < -0.39 is 15.9 Å². The molecule has 1 N–H and O–H groups in total. The first-order valence-electron chi connectivity index (χ1n) is 9.36. The number of hydrogen-bond donors (Lipinski definition) is 1. The normalized spacial score (nSPS) is 15.1. The average molecular weight is 457 g/mol. The molecule has 1 aliphatic heterocycles. The zero-order valence-corrected chi connectivity index (χ0v) is 18.3. The van der Waals surface area contributed by atoms with Crippen molar-refractivity contribution < 1.29 is 17.9 Å². The van der Waals surface area contributed by atoms with E-state index in [1.165, 1.54) is 28.6 Å². The van der Waals surface area contributed by atoms with Crippen molar-refractivity contribution in [1.82, 2.24) is 4.31 Å². The van der Waals surface area contributed by atoms with Gasteiger partial charge in [0.25, 0.3) is 5.91 Å². The lowest BCUT2D eigenvalue weighted by molar-refractivity contribution is 0.102. The minimum Gasteiger partial charge on any atom is -0.492 e. The second kappa shape index (κ2) is 9.34. The minimum absolute atomic E-state index is 0.111. The number of hydrogen-bond acceptors (Lipinski definition) is 4. The van der Waals surface area contributed by atoms with Gasteiger partial charge in [0.1, 0.15) is 5.75 Å². The van der Waals surface area contributed by atoms with Crippen molar-refractivity contribution >= 4 is 44.8 Å². The van der Waals surface area contributed by atoms with Crippen molar-refractivity contribution in [3.63, 3.8) is 0 Å². The van der Waals surface area contributed by atoms with Crippen LogP contribution in [0.1, 0.15) is 36.5 Å². The first-order chi connectivity index (χ1) is 13.8. The van der Waals surface area contributed by atoms with Gasteiger partial charge in [-0.05, 0) is 56.2 Å². The molecule has 0 saturated carbocycles. The Balaban J connectivity index is 1.93. The van der Waals surface area contributed by atoms with Crippen LogP contribution in [0.2, 0.25) is 10.0 Å². The number of rotatable bonds is 6. The Kier molecular flexibility index (Phi) is 7.05. The third-order valence-electron chi connectivity index (χ3n) is 4.63. The van der Waals surface area contributed by atoms with Crippen molar-refractivity contribution in [2.45, 2.75) is 31.1 Å². The molecule has 156 valence electrons. The molecule has 9 heteroatoms. The summed E-state index contributed by atoms with van der Waals surface area (Å²) in [6.45, 7) is 3.16. The predicted molar refractivity (Wildman–Crippen MR) is 115 cm³/mol. The minimum atomic E-state index is -3.65. The molecule has 6 nitrogen and oxygen atoms in total. The number of benzene rings is 2. The van der Waals surface area contributed by atoms with Gasteiger partial charge in [0, 0.05) is 18.1 Å². The molecular formula is C20H22Cl2N2O4S. The number of ether oxygens (including phenoxy) is 1. The van der Waals surface area contributed by atoms with Gasteiger partial charge in [-0.1, -0.05) is 29.6 Å². The highest BCUT2D eigenvalue weighted by Crippen LogP contribution is 2.31. The van der Waals surface area contributed by atoms with Crippen LogP contribution in [0.5, 0.6) is 5.75 Å². The number of carbonyl (C=O) groups is 1. The van der Waals surface area contributed by atoms with E-state index in [-0.39, 0.29) is 21.2 Å². The summed E-state index contributed by atoms with van der Waals surface area (Å²) in [6, 6.07) is 9.02. The van der Waals surface area contributed by atoms with Crippen LogP contribution in [0.4, 0.5) is 5.69 Å². The van der Waals surface area contributed by atoms with Gasteiger partial charge < -0.3 is 10.1 Å². The SMILES string of the molecule is CCOc1ccc(S(=O)(=O)N2CCCCC2)cc1NC(=O)c1ccc(Cl)cc1Cl. The maximum Gasteiger partial charge on any atom is 0.257 e. The molecule has 1 saturated heterocycles. The predicted octanol–water partition coefficient (Wildman–Crippen LogP) is 4.82. The van der Waals surface area contributed by atoms with Gasteiger partial charge in [-0.3, -0.25) is 4.79 Å². The van der Waals surface area contributed by atoms with Gasteiger partial charge in [0.2, 0.25) is 10.0 Å². The lowest BCUT2D eigenvalue weighted by Crippen LogP contribution is -2.35. The second-order valence-electron chi connectivity index (χ2n) is 6.63. The number of piperidine rings is 1. The van der Waals surface area contributed by atoms with E-state index >= 15 is 0 Å². The van der Waals surface area contributed by atoms with Gasteiger partial charge in [-0.2, -0.15) is 4.31 Å². The number of carbonyl (C=O) groups excluding carboxylic acids is 1. The van der Waals surface area contributed by atoms with E-state index in [1.807, 2.05) is 0 Å². The zero-order valence-electron chi connectivity index (χ0n) is 16.0. The van der Waals surface area contributed by atoms with E-state index in [2.05, 4.69) is 5.32 Å². The molecule has 1 aliphatic rings. The molecule has 0 bridgehead atoms. The van der Waals surface area contributed by atoms with Crippen LogP contribution in [-0.4, -0.2) is 38.3 Å². The molecule has 0 spiro atoms. The van der Waals surface area contributed by atoms with Crippen LogP contribution in [0.3, 0.4) is 0 Å². The average Bonchev–Trinajstić information content (AvgIpc) is 2.70. The fraction of sp³-hybridized carbons (Fsp3) is 0.350. The Morgan fingerprint density at radius 3 is 2.48 bits per heavy atom. The number of anilines is 1. The topological polar surface area (TPSA) is 75.7 Å². The van der Waals surface area contributed by atoms with Crippen molar-refractivity contribution in [1.29, 1.82) is 0 Å². The number of amides is 1. The molecule has 0 aliphatic carbocycles. The summed E-state index contributed by atoms with van der Waals surface area (Å²) in [5.41, 5.74) is 0.490. The van der Waals surface area contributed by atoms with Crippen molar-refractivity contribution in [2.75, 3.05) is 25.0 Å². The number of nitrogens with one attached hydrogen (secondary N) is 1. The fourth-order valence-corrected chi connectivity index (χ4v) is 5.20. The maximum absolute atomic E-state index is 13.0. The first kappa shape index (κ1) is 21.9. The first-order valence-corrected chi connectivity index (χ1v) is 11.6. The number of halogens is 2. The smallest absolute Gasteiger partial charge is 0.257 e. The van der Waals surface area contributed by atoms with Crippen LogP contribution >= 0.6 is 23.2 Å². The molecule has 1 amide bonds. The summed E-state index contributed by atoms with van der Waals surface area (Å²) in [6.07, 6.45) is 2.71. The fourth-order valence-electron chi connectivity index (χ4n) is 3.17. The standard InChI is InChI=1S/C20H22Cl2N2O4S/c1-2-28-19-9-7-15(29(26,27)24-10-4-3-5-11-24)13-18(19)23-20(25)16-8-6-14(21)12-17(16)22/h6-9,12-13H,2-5,10-11H2,1H3,(H,23,25). The Labute approximate surface area is 180 Å². The van der Waals surface area contributed by atoms with Gasteiger partial charge in [0.15, 0.2) is 0 Å². The molecule has 3 rings (SSSR count). The van der Waals surface area contributed by atoms with E-state index in [1.54, 1.807) is 19.1 Å². The Hall–Kier alpha value is -1.80. The molecular weight excluding hydrogens is 435 g/mol. The highest BCUT2D eigenvalue weighted by molar-refractivity contribution is 7.89. The van der Waals surface area contributed by atoms with E-state index in [0.29, 0.717) is 30.5 Å². The molecule has 0 radical (unpaired) electrons. The van der Waals surface area contributed by atoms with Crippen molar-refractivity contribution in [3.8, 4) is 5.75 Å². The van der Waals surface area contributed by atoms with Gasteiger partial charge in [-0.25, -0.2) is 8.42 Å². The Bertz CT molecular complexity index is 1010. The second-order valence-corrected chi connectivity index (χ2v) is 9.42. The van der Waals surface area contributed by atoms with Crippen molar-refractivity contribution in [2.24, 2.45) is 0 Å². The quantitative estimate of drug-likeness (QED) is 0.675. The number of sulfonamides is 1. The Morgan fingerprint density at radius 1 is 1.10 bits per heavy atom. The highest BCUT2D eigenvalue weighted by Gasteiger charge is 2.27. The van der Waals surface area contributed by atoms with Crippen LogP contribution in [0, 0.1) is 0 Å². The summed E-state index contributed by atoms with van der Waals surface area (Å²) in [7, 11) is -3.65. The van der Waals surface area contributed by atoms with Crippen LogP contribution in [-0.2, 0) is 10.0 Å². The zero-order chi connectivity index (χ0) is 21.0. The van der Waals surface area contributed by atoms with E-state index in [9.17, 15) is 13.2 Å². The molecule has 1 heterocycles. The number of nitrogens with zero attached hydrogens (tertiary/aromatic N) is 1. The molecule has 1 fully saturated rings. The van der Waals surface area contributed by atoms with Crippen LogP contribution in [0.25, 0.3) is 0 Å². The summed E-state index contributed by atoms with van der Waals surface area (Å²) in [4.78, 5) is 12.8. The lowest BCUT2D eigenvalue weighted by Gasteiger charge is -2.26. The molecule has 0 unspecified atom stereocenters. The maximum atomic E-state index is 13.0. The van der Waals surface area contributed by atoms with Crippen LogP contribution in [0.15, 0.2) is 41.3 Å². The van der Waals surface area contributed by atoms with Gasteiger partial charge in [0.05, 0.1) is 27.8 Å². The summed E-state index contributed by atoms with van der Waals surface area (Å²) < 4.78 is 33.0. The molecule has 29 heavy (non-hydrogen) atoms. The molecule has 2 aromatic rings. The Morgan fingerprint density at radius 2 is 1.83 bits per heavy atom. The third-order valence-corrected chi connectivity index (χ3v) is 7.07. The van der Waals surface area contributed by atoms with E-state index in [0.717, 1.165) is 19.3 Å². The molecule has 2 aromatic carbocycles. The molecule has 0 atom stereocenters. The monoisotopic (exact) mass is 456 g/mol. The van der Waals surface area contributed by atoms with Gasteiger partial charge in [-0.15, -0.1) is 0 Å². The van der Waals surface area contributed by atoms with Gasteiger partial charge >= 0.3 is 0 Å². The lowest BCUT2D eigenvalue weighted by atomic mass is 10.2. The van der Waals surface area contributed by atoms with E-state index in [4.69, 9.17) is 27.9 Å².